The van der Waals surface area contributed by atoms with E-state index in [4.69, 9.17) is 10.7 Å². The van der Waals surface area contributed by atoms with E-state index in [0.717, 1.165) is 5.57 Å². The molecule has 0 spiro atoms. The standard InChI is InChI=1S/C11H7N4.C5H5.Fe/c1-15-10(7-13)9(6-12)14-11(15)8-4-2-3-5-8;1-2-4-5-3-1;/h2-5H,1H3;1-5H;/q2*-1;+2. The van der Waals surface area contributed by atoms with Crippen LogP contribution >= 0.6 is 0 Å². The van der Waals surface area contributed by atoms with Crippen LogP contribution in [0.15, 0.2) is 36.5 Å². The third-order valence-corrected chi connectivity index (χ3v) is 2.78. The number of nitriles is 1. The van der Waals surface area contributed by atoms with Gasteiger partial charge >= 0.3 is 17.1 Å². The number of hydrogen-bond acceptors (Lipinski definition) is 2. The number of rotatable bonds is 0. The predicted octanol–water partition coefficient (Wildman–Crippen LogP) is 0.646. The van der Waals surface area contributed by atoms with Gasteiger partial charge in [-0.25, -0.2) is 29.4 Å². The van der Waals surface area contributed by atoms with Gasteiger partial charge in [0.05, 0.1) is 5.35 Å². The molecule has 1 aromatic rings. The number of hydrogen-bond donors (Lipinski definition) is 0. The molecule has 0 saturated carbocycles. The van der Waals surface area contributed by atoms with Crippen molar-refractivity contribution in [3.63, 3.8) is 0 Å². The molecular weight excluding hydrogens is 304 g/mol. The molecule has 0 N–H and O–H groups in total. The number of imidazole rings is 1. The zero-order chi connectivity index (χ0) is 14.4. The number of allylic oxidation sites excluding steroid dienone is 6. The average Bonchev–Trinajstić information content (AvgIpc) is 3.21. The molecule has 4 nitrogen and oxygen atoms in total. The first-order valence-electron chi connectivity index (χ1n) is 6.03. The largest absolute Gasteiger partial charge is 2.00 e. The van der Waals surface area contributed by atoms with E-state index in [2.05, 4.69) is 4.98 Å². The van der Waals surface area contributed by atoms with Gasteiger partial charge in [0.1, 0.15) is 11.5 Å². The van der Waals surface area contributed by atoms with E-state index in [1.165, 1.54) is 0 Å². The third kappa shape index (κ3) is 3.87. The van der Waals surface area contributed by atoms with Crippen LogP contribution in [-0.2, 0) is 24.1 Å². The molecule has 0 aliphatic heterocycles. The summed E-state index contributed by atoms with van der Waals surface area (Å²) >= 11 is 0. The van der Waals surface area contributed by atoms with Gasteiger partial charge in [0.25, 0.3) is 0 Å². The molecule has 0 unspecified atom stereocenters. The Balaban J connectivity index is 0.000000313. The van der Waals surface area contributed by atoms with Crippen LogP contribution in [0.2, 0.25) is 0 Å². The minimum Gasteiger partial charge on any atom is -0.761 e. The second-order valence-electron chi connectivity index (χ2n) is 4.05. The zero-order valence-electron chi connectivity index (χ0n) is 11.3. The van der Waals surface area contributed by atoms with E-state index < -0.39 is 0 Å². The Morgan fingerprint density at radius 1 is 1.29 bits per heavy atom. The van der Waals surface area contributed by atoms with E-state index >= 15 is 0 Å². The molecule has 0 bridgehead atoms. The Kier molecular flexibility index (Phi) is 6.51. The molecule has 2 aliphatic carbocycles. The van der Waals surface area contributed by atoms with Crippen LogP contribution in [0.1, 0.15) is 5.69 Å². The maximum absolute atomic E-state index is 8.88. The molecule has 1 heterocycles. The monoisotopic (exact) mass is 316 g/mol. The van der Waals surface area contributed by atoms with Gasteiger partial charge in [-0.05, 0) is 0 Å². The summed E-state index contributed by atoms with van der Waals surface area (Å²) < 4.78 is 1.63. The molecule has 0 amide bonds. The van der Waals surface area contributed by atoms with Crippen LogP contribution in [0.4, 0.5) is 0 Å². The van der Waals surface area contributed by atoms with E-state index in [-0.39, 0.29) is 22.8 Å². The average molecular weight is 316 g/mol. The molecular formula is C16H12FeN4. The maximum Gasteiger partial charge on any atom is 2.00 e. The van der Waals surface area contributed by atoms with Crippen molar-refractivity contribution in [2.24, 2.45) is 7.05 Å². The molecule has 104 valence electrons. The van der Waals surface area contributed by atoms with Gasteiger partial charge in [-0.3, -0.25) is 0 Å². The summed E-state index contributed by atoms with van der Waals surface area (Å²) in [6.07, 6.45) is 17.6. The first-order chi connectivity index (χ1) is 9.77. The minimum atomic E-state index is 0. The van der Waals surface area contributed by atoms with Crippen LogP contribution in [-0.4, -0.2) is 15.4 Å². The summed E-state index contributed by atoms with van der Waals surface area (Å²) in [6, 6.07) is 1.92. The van der Waals surface area contributed by atoms with Crippen LogP contribution < -0.4 is 10.8 Å². The SMILES string of the molecule is Cn1c(=C2C=CC=C2)nc(C#N)c1=C=[N-].[CH]1[CH][CH-]C=C1.[Fe+2]. The molecule has 5 heteroatoms. The fourth-order valence-corrected chi connectivity index (χ4v) is 1.81. The minimum absolute atomic E-state index is 0. The van der Waals surface area contributed by atoms with E-state index in [1.54, 1.807) is 11.6 Å². The van der Waals surface area contributed by atoms with Crippen molar-refractivity contribution >= 4 is 11.4 Å². The smallest absolute Gasteiger partial charge is 0.761 e. The fourth-order valence-electron chi connectivity index (χ4n) is 1.81. The van der Waals surface area contributed by atoms with Crippen LogP contribution in [0, 0.1) is 30.6 Å². The van der Waals surface area contributed by atoms with Gasteiger partial charge in [0.15, 0.2) is 5.69 Å². The summed E-state index contributed by atoms with van der Waals surface area (Å²) in [7, 11) is 1.73. The van der Waals surface area contributed by atoms with Crippen molar-refractivity contribution in [2.45, 2.75) is 0 Å². The molecule has 2 aliphatic rings. The molecule has 3 rings (SSSR count). The Hall–Kier alpha value is -2.24. The first kappa shape index (κ1) is 16.8. The quantitative estimate of drug-likeness (QED) is 0.401. The first-order valence-corrected chi connectivity index (χ1v) is 6.03. The van der Waals surface area contributed by atoms with Gasteiger partial charge < -0.3 is 9.98 Å². The Labute approximate surface area is 134 Å². The second kappa shape index (κ2) is 8.14. The molecule has 0 aromatic carbocycles. The molecule has 1 aromatic heterocycles. The van der Waals surface area contributed by atoms with Crippen molar-refractivity contribution in [1.82, 2.24) is 9.55 Å². The van der Waals surface area contributed by atoms with Gasteiger partial charge in [0.2, 0.25) is 0 Å². The number of aromatic nitrogens is 2. The zero-order valence-corrected chi connectivity index (χ0v) is 12.4. The summed E-state index contributed by atoms with van der Waals surface area (Å²) in [5.74, 6) is 1.98. The van der Waals surface area contributed by atoms with Gasteiger partial charge in [-0.2, -0.15) is 5.26 Å². The topological polar surface area (TPSA) is 63.9 Å². The van der Waals surface area contributed by atoms with Gasteiger partial charge in [0, 0.05) is 12.6 Å². The van der Waals surface area contributed by atoms with Crippen molar-refractivity contribution in [2.75, 3.05) is 0 Å². The van der Waals surface area contributed by atoms with E-state index in [9.17, 15) is 0 Å². The van der Waals surface area contributed by atoms with Crippen LogP contribution in [0.3, 0.4) is 0 Å². The van der Waals surface area contributed by atoms with Crippen molar-refractivity contribution in [1.29, 1.82) is 5.26 Å². The van der Waals surface area contributed by atoms with Crippen molar-refractivity contribution < 1.29 is 17.1 Å². The molecule has 0 fully saturated rings. The normalized spacial score (nSPS) is 13.8. The summed E-state index contributed by atoms with van der Waals surface area (Å²) in [4.78, 5) is 4.12. The fraction of sp³-hybridized carbons (Fsp3) is 0.0625. The Morgan fingerprint density at radius 3 is 2.38 bits per heavy atom. The van der Waals surface area contributed by atoms with Crippen molar-refractivity contribution in [3.8, 4) is 6.07 Å². The third-order valence-electron chi connectivity index (χ3n) is 2.78. The van der Waals surface area contributed by atoms with Crippen molar-refractivity contribution in [3.05, 3.63) is 77.7 Å². The summed E-state index contributed by atoms with van der Waals surface area (Å²) in [5, 5.41) is 18.0. The van der Waals surface area contributed by atoms with Gasteiger partial charge in [-0.1, -0.05) is 24.3 Å². The van der Waals surface area contributed by atoms with E-state index in [0.29, 0.717) is 10.8 Å². The number of nitrogens with zero attached hydrogens (tertiary/aromatic N) is 4. The Bertz CT molecular complexity index is 748. The predicted molar refractivity (Wildman–Crippen MR) is 78.4 cm³/mol. The molecule has 0 saturated heterocycles. The summed E-state index contributed by atoms with van der Waals surface area (Å²) in [5.41, 5.74) is 1.74. The van der Waals surface area contributed by atoms with Crippen LogP contribution in [0.25, 0.3) is 11.0 Å². The molecule has 0 atom stereocenters. The van der Waals surface area contributed by atoms with E-state index in [1.807, 2.05) is 67.7 Å². The molecule has 21 heavy (non-hydrogen) atoms. The van der Waals surface area contributed by atoms with Crippen LogP contribution in [0.5, 0.6) is 0 Å². The van der Waals surface area contributed by atoms with Gasteiger partial charge in [-0.15, -0.1) is 12.8 Å². The second-order valence-corrected chi connectivity index (χ2v) is 4.05. The molecule has 2 radical (unpaired) electrons. The summed E-state index contributed by atoms with van der Waals surface area (Å²) in [6.45, 7) is 0. The Morgan fingerprint density at radius 2 is 2.00 bits per heavy atom. The maximum atomic E-state index is 8.88.